The quantitative estimate of drug-likeness (QED) is 0.706. The van der Waals surface area contributed by atoms with E-state index < -0.39 is 0 Å². The first kappa shape index (κ1) is 9.80. The summed E-state index contributed by atoms with van der Waals surface area (Å²) in [4.78, 5) is 0. The molecule has 12 heavy (non-hydrogen) atoms. The summed E-state index contributed by atoms with van der Waals surface area (Å²) in [5, 5.41) is 6.46. The Balaban J connectivity index is 3.53. The highest BCUT2D eigenvalue weighted by Crippen LogP contribution is 1.97. The molecule has 0 aliphatic carbocycles. The molecule has 0 spiro atoms. The lowest BCUT2D eigenvalue weighted by molar-refractivity contribution is 0.738. The predicted octanol–water partition coefficient (Wildman–Crippen LogP) is 0.968. The van der Waals surface area contributed by atoms with Gasteiger partial charge in [-0.3, -0.25) is 4.68 Å². The van der Waals surface area contributed by atoms with E-state index in [1.54, 1.807) is 10.8 Å². The maximum Gasteiger partial charge on any atom is 0.131 e. The molecule has 1 heterocycles. The van der Waals surface area contributed by atoms with Crippen LogP contribution in [0, 0.1) is 3.70 Å². The molecule has 0 aromatic carbocycles. The van der Waals surface area contributed by atoms with Gasteiger partial charge in [0.1, 0.15) is 3.70 Å². The largest absolute Gasteiger partial charge is 0.267 e. The topological polar surface area (TPSA) is 17.8 Å². The number of aromatic nitrogens is 2. The molecule has 0 aliphatic heterocycles. The molecule has 1 rings (SSSR count). The number of halogens is 2. The van der Waals surface area contributed by atoms with Gasteiger partial charge in [-0.05, 0) is 28.7 Å². The van der Waals surface area contributed by atoms with Crippen LogP contribution in [0.15, 0.2) is 11.6 Å². The Hall–Kier alpha value is -0.290. The molecule has 0 atom stereocenters. The van der Waals surface area contributed by atoms with E-state index in [0.717, 1.165) is 14.3 Å². The Morgan fingerprint density at radius 3 is 2.67 bits per heavy atom. The van der Waals surface area contributed by atoms with Crippen molar-refractivity contribution in [3.63, 3.8) is 0 Å². The van der Waals surface area contributed by atoms with Gasteiger partial charge in [-0.25, -0.2) is 0 Å². The Labute approximate surface area is 89.4 Å². The summed E-state index contributed by atoms with van der Waals surface area (Å²) in [7, 11) is 1.85. The monoisotopic (exact) mass is 294 g/mol. The molecule has 0 fully saturated rings. The normalized spacial score (nSPS) is 12.1. The highest BCUT2D eigenvalue weighted by molar-refractivity contribution is 14.1. The summed E-state index contributed by atoms with van der Waals surface area (Å²) in [5.41, 5.74) is 0. The predicted molar refractivity (Wildman–Crippen MR) is 60.2 cm³/mol. The van der Waals surface area contributed by atoms with Crippen LogP contribution in [0.5, 0.6) is 0 Å². The zero-order valence-corrected chi connectivity index (χ0v) is 9.56. The first-order chi connectivity index (χ1) is 5.52. The summed E-state index contributed by atoms with van der Waals surface area (Å²) in [6.07, 6.45) is 1.76. The van der Waals surface area contributed by atoms with Gasteiger partial charge in [-0.2, -0.15) is 5.10 Å². The standard InChI is InChI=1S/C8H8ClIN2/c1-5(9)4-7-6(2)12(3)11-8(7)10/h4H,1-2H2,3H3/b7-4+. The van der Waals surface area contributed by atoms with Crippen LogP contribution >= 0.6 is 34.2 Å². The summed E-state index contributed by atoms with van der Waals surface area (Å²) in [6.45, 7) is 7.44. The molecule has 2 nitrogen and oxygen atoms in total. The molecule has 0 saturated carbocycles. The van der Waals surface area contributed by atoms with Gasteiger partial charge in [0, 0.05) is 17.3 Å². The molecule has 0 N–H and O–H groups in total. The van der Waals surface area contributed by atoms with Crippen molar-refractivity contribution in [2.75, 3.05) is 0 Å². The highest BCUT2D eigenvalue weighted by Gasteiger charge is 1.98. The van der Waals surface area contributed by atoms with Crippen molar-refractivity contribution in [3.8, 4) is 0 Å². The lowest BCUT2D eigenvalue weighted by atomic mass is 10.4. The van der Waals surface area contributed by atoms with Gasteiger partial charge >= 0.3 is 0 Å². The number of nitrogens with zero attached hydrogens (tertiary/aromatic N) is 2. The second-order valence-electron chi connectivity index (χ2n) is 2.37. The first-order valence-corrected chi connectivity index (χ1v) is 4.71. The second-order valence-corrected chi connectivity index (χ2v) is 3.87. The van der Waals surface area contributed by atoms with Crippen molar-refractivity contribution >= 4 is 46.8 Å². The zero-order chi connectivity index (χ0) is 9.30. The van der Waals surface area contributed by atoms with Crippen LogP contribution in [-0.2, 0) is 7.05 Å². The van der Waals surface area contributed by atoms with Crippen molar-refractivity contribution in [2.24, 2.45) is 7.05 Å². The van der Waals surface area contributed by atoms with Crippen molar-refractivity contribution in [2.45, 2.75) is 0 Å². The van der Waals surface area contributed by atoms with Crippen LogP contribution in [0.25, 0.3) is 12.7 Å². The Kier molecular flexibility index (Phi) is 2.95. The first-order valence-electron chi connectivity index (χ1n) is 3.26. The maximum atomic E-state index is 5.65. The van der Waals surface area contributed by atoms with Gasteiger partial charge in [-0.15, -0.1) is 0 Å². The van der Waals surface area contributed by atoms with Crippen LogP contribution < -0.4 is 10.6 Å². The van der Waals surface area contributed by atoms with Crippen molar-refractivity contribution in [1.29, 1.82) is 0 Å². The molecule has 64 valence electrons. The molecular formula is C8H8ClIN2. The molecule has 1 aromatic rings. The number of hydrogen-bond acceptors (Lipinski definition) is 1. The minimum absolute atomic E-state index is 0.491. The molecule has 0 amide bonds. The fourth-order valence-corrected chi connectivity index (χ4v) is 1.74. The third kappa shape index (κ3) is 1.90. The lowest BCUT2D eigenvalue weighted by Crippen LogP contribution is -2.26. The molecule has 0 unspecified atom stereocenters. The van der Waals surface area contributed by atoms with Gasteiger partial charge in [-0.1, -0.05) is 24.8 Å². The van der Waals surface area contributed by atoms with Crippen LogP contribution in [0.1, 0.15) is 0 Å². The Morgan fingerprint density at radius 1 is 1.75 bits per heavy atom. The van der Waals surface area contributed by atoms with Crippen LogP contribution in [-0.4, -0.2) is 9.78 Å². The van der Waals surface area contributed by atoms with E-state index in [0.29, 0.717) is 5.03 Å². The van der Waals surface area contributed by atoms with Crippen LogP contribution in [0.4, 0.5) is 0 Å². The molecule has 0 bridgehead atoms. The Bertz CT molecular complexity index is 419. The van der Waals surface area contributed by atoms with E-state index in [4.69, 9.17) is 11.6 Å². The van der Waals surface area contributed by atoms with Crippen molar-refractivity contribution < 1.29 is 0 Å². The molecule has 4 heteroatoms. The van der Waals surface area contributed by atoms with Gasteiger partial charge in [0.25, 0.3) is 0 Å². The fourth-order valence-electron chi connectivity index (χ4n) is 0.839. The van der Waals surface area contributed by atoms with Gasteiger partial charge in [0.2, 0.25) is 0 Å². The lowest BCUT2D eigenvalue weighted by Gasteiger charge is -1.83. The number of allylic oxidation sites excluding steroid dienone is 1. The summed E-state index contributed by atoms with van der Waals surface area (Å²) in [6, 6.07) is 0. The fraction of sp³-hybridized carbons (Fsp3) is 0.125. The van der Waals surface area contributed by atoms with Crippen molar-refractivity contribution in [1.82, 2.24) is 9.78 Å². The minimum Gasteiger partial charge on any atom is -0.267 e. The smallest absolute Gasteiger partial charge is 0.131 e. The third-order valence-corrected chi connectivity index (χ3v) is 2.37. The average molecular weight is 295 g/mol. The van der Waals surface area contributed by atoms with E-state index in [9.17, 15) is 0 Å². The van der Waals surface area contributed by atoms with E-state index in [2.05, 4.69) is 40.8 Å². The SMILES string of the molecule is C=C(Cl)/C=c1/c(I)nn(C)c1=C. The average Bonchev–Trinajstić information content (AvgIpc) is 2.16. The molecular weight excluding hydrogens is 286 g/mol. The van der Waals surface area contributed by atoms with Crippen molar-refractivity contribution in [3.05, 3.63) is 25.9 Å². The van der Waals surface area contributed by atoms with Gasteiger partial charge in [0.05, 0.1) is 5.35 Å². The zero-order valence-electron chi connectivity index (χ0n) is 6.64. The van der Waals surface area contributed by atoms with Gasteiger partial charge < -0.3 is 0 Å². The van der Waals surface area contributed by atoms with Crippen LogP contribution in [0.3, 0.4) is 0 Å². The Morgan fingerprint density at radius 2 is 2.33 bits per heavy atom. The highest BCUT2D eigenvalue weighted by atomic mass is 127. The summed E-state index contributed by atoms with van der Waals surface area (Å²) >= 11 is 7.78. The van der Waals surface area contributed by atoms with Gasteiger partial charge in [0.15, 0.2) is 0 Å². The number of hydrogen-bond donors (Lipinski definition) is 0. The van der Waals surface area contributed by atoms with E-state index >= 15 is 0 Å². The van der Waals surface area contributed by atoms with E-state index in [1.165, 1.54) is 0 Å². The third-order valence-electron chi connectivity index (χ3n) is 1.46. The second kappa shape index (κ2) is 3.62. The molecule has 1 aromatic heterocycles. The molecule has 0 aliphatic rings. The summed E-state index contributed by atoms with van der Waals surface area (Å²) < 4.78 is 2.61. The molecule has 0 saturated heterocycles. The molecule has 0 radical (unpaired) electrons. The van der Waals surface area contributed by atoms with Crippen LogP contribution in [0.2, 0.25) is 0 Å². The minimum atomic E-state index is 0.491. The maximum absolute atomic E-state index is 5.65. The van der Waals surface area contributed by atoms with E-state index in [1.807, 2.05) is 7.05 Å². The number of aryl methyl sites for hydroxylation is 1. The summed E-state index contributed by atoms with van der Waals surface area (Å²) in [5.74, 6) is 0. The number of rotatable bonds is 1. The van der Waals surface area contributed by atoms with E-state index in [-0.39, 0.29) is 0 Å².